The average Bonchev–Trinajstić information content (AvgIpc) is 2.65. The van der Waals surface area contributed by atoms with E-state index in [4.69, 9.17) is 0 Å². The normalized spacial score (nSPS) is 20.6. The van der Waals surface area contributed by atoms with Crippen LogP contribution in [0.15, 0.2) is 18.3 Å². The summed E-state index contributed by atoms with van der Waals surface area (Å²) < 4.78 is 0. The van der Waals surface area contributed by atoms with Gasteiger partial charge in [0.15, 0.2) is 0 Å². The average molecular weight is 236 g/mol. The molecule has 16 heavy (non-hydrogen) atoms. The van der Waals surface area contributed by atoms with Gasteiger partial charge in [-0.25, -0.2) is 4.98 Å². The third kappa shape index (κ3) is 3.42. The maximum Gasteiger partial charge on any atom is 0.0897 e. The summed E-state index contributed by atoms with van der Waals surface area (Å²) in [6.45, 7) is 4.33. The zero-order valence-electron chi connectivity index (χ0n) is 10.1. The number of hydrogen-bond acceptors (Lipinski definition) is 3. The highest BCUT2D eigenvalue weighted by molar-refractivity contribution is 7.11. The summed E-state index contributed by atoms with van der Waals surface area (Å²) in [5.74, 6) is 0.851. The summed E-state index contributed by atoms with van der Waals surface area (Å²) in [6.07, 6.45) is 10.5. The fourth-order valence-corrected chi connectivity index (χ4v) is 3.15. The first-order valence-electron chi connectivity index (χ1n) is 5.99. The zero-order valence-corrected chi connectivity index (χ0v) is 11.0. The van der Waals surface area contributed by atoms with Crippen molar-refractivity contribution in [1.29, 1.82) is 0 Å². The predicted octanol–water partition coefficient (Wildman–Crippen LogP) is 3.24. The van der Waals surface area contributed by atoms with Crippen LogP contribution >= 0.6 is 11.3 Å². The molecule has 1 aliphatic rings. The summed E-state index contributed by atoms with van der Waals surface area (Å²) in [7, 11) is 2.22. The predicted molar refractivity (Wildman–Crippen MR) is 69.7 cm³/mol. The van der Waals surface area contributed by atoms with E-state index in [0.717, 1.165) is 12.5 Å². The Kier molecular flexibility index (Phi) is 4.13. The van der Waals surface area contributed by atoms with Gasteiger partial charge in [0.25, 0.3) is 0 Å². The summed E-state index contributed by atoms with van der Waals surface area (Å²) in [5, 5.41) is 1.17. The van der Waals surface area contributed by atoms with Crippen molar-refractivity contribution in [2.45, 2.75) is 32.7 Å². The summed E-state index contributed by atoms with van der Waals surface area (Å²) in [5.41, 5.74) is 0. The van der Waals surface area contributed by atoms with Crippen molar-refractivity contribution in [2.75, 3.05) is 13.6 Å². The maximum atomic E-state index is 4.30. The Balaban J connectivity index is 1.79. The van der Waals surface area contributed by atoms with Crippen LogP contribution in [0.3, 0.4) is 0 Å². The van der Waals surface area contributed by atoms with E-state index in [0.29, 0.717) is 0 Å². The molecule has 1 heterocycles. The molecule has 0 spiro atoms. The Bertz CT molecular complexity index is 357. The van der Waals surface area contributed by atoms with Crippen LogP contribution in [-0.4, -0.2) is 23.5 Å². The molecule has 0 bridgehead atoms. The van der Waals surface area contributed by atoms with Gasteiger partial charge in [-0.2, -0.15) is 0 Å². The van der Waals surface area contributed by atoms with E-state index in [9.17, 15) is 0 Å². The van der Waals surface area contributed by atoms with Crippen molar-refractivity contribution < 1.29 is 0 Å². The number of nitrogens with zero attached hydrogens (tertiary/aromatic N) is 2. The lowest BCUT2D eigenvalue weighted by Crippen LogP contribution is -2.25. The number of allylic oxidation sites excluding steroid dienone is 2. The van der Waals surface area contributed by atoms with Gasteiger partial charge in [0.2, 0.25) is 0 Å². The highest BCUT2D eigenvalue weighted by Gasteiger charge is 2.13. The molecule has 1 aliphatic carbocycles. The topological polar surface area (TPSA) is 16.1 Å². The third-order valence-corrected chi connectivity index (χ3v) is 3.94. The summed E-state index contributed by atoms with van der Waals surface area (Å²) >= 11 is 1.81. The van der Waals surface area contributed by atoms with Gasteiger partial charge in [0, 0.05) is 24.2 Å². The maximum absolute atomic E-state index is 4.30. The van der Waals surface area contributed by atoms with E-state index >= 15 is 0 Å². The Morgan fingerprint density at radius 1 is 1.50 bits per heavy atom. The van der Waals surface area contributed by atoms with E-state index < -0.39 is 0 Å². The molecule has 2 rings (SSSR count). The summed E-state index contributed by atoms with van der Waals surface area (Å²) in [4.78, 5) is 8.11. The first-order valence-corrected chi connectivity index (χ1v) is 6.80. The van der Waals surface area contributed by atoms with Crippen LogP contribution in [0.5, 0.6) is 0 Å². The largest absolute Gasteiger partial charge is 0.301 e. The molecular formula is C13H20N2S. The van der Waals surface area contributed by atoms with Crippen LogP contribution in [0, 0.1) is 12.8 Å². The Morgan fingerprint density at radius 2 is 2.38 bits per heavy atom. The van der Waals surface area contributed by atoms with Crippen LogP contribution in [-0.2, 0) is 6.54 Å². The molecule has 0 N–H and O–H groups in total. The lowest BCUT2D eigenvalue weighted by atomic mass is 9.94. The smallest absolute Gasteiger partial charge is 0.0897 e. The second-order valence-electron chi connectivity index (χ2n) is 4.69. The lowest BCUT2D eigenvalue weighted by Gasteiger charge is -2.24. The fourth-order valence-electron chi connectivity index (χ4n) is 2.27. The molecule has 0 unspecified atom stereocenters. The molecule has 0 saturated carbocycles. The van der Waals surface area contributed by atoms with Crippen LogP contribution in [0.1, 0.15) is 29.1 Å². The molecule has 0 radical (unpaired) electrons. The van der Waals surface area contributed by atoms with Gasteiger partial charge in [-0.1, -0.05) is 12.2 Å². The monoisotopic (exact) mass is 236 g/mol. The van der Waals surface area contributed by atoms with Gasteiger partial charge in [-0.05, 0) is 39.2 Å². The van der Waals surface area contributed by atoms with Crippen LogP contribution < -0.4 is 0 Å². The minimum Gasteiger partial charge on any atom is -0.301 e. The first-order chi connectivity index (χ1) is 7.74. The van der Waals surface area contributed by atoms with E-state index in [-0.39, 0.29) is 0 Å². The number of rotatable bonds is 4. The molecule has 2 nitrogen and oxygen atoms in total. The molecule has 0 saturated heterocycles. The molecule has 0 aliphatic heterocycles. The SMILES string of the molecule is Cc1ncc(CN(C)C[C@H]2CC=CCC2)s1. The van der Waals surface area contributed by atoms with Crippen molar-refractivity contribution in [3.63, 3.8) is 0 Å². The van der Waals surface area contributed by atoms with Crippen molar-refractivity contribution >= 4 is 11.3 Å². The molecule has 0 amide bonds. The van der Waals surface area contributed by atoms with Gasteiger partial charge in [0.05, 0.1) is 5.01 Å². The number of hydrogen-bond donors (Lipinski definition) is 0. The lowest BCUT2D eigenvalue weighted by molar-refractivity contribution is 0.260. The Hall–Kier alpha value is -0.670. The van der Waals surface area contributed by atoms with Gasteiger partial charge in [-0.3, -0.25) is 0 Å². The Morgan fingerprint density at radius 3 is 3.00 bits per heavy atom. The van der Waals surface area contributed by atoms with Crippen LogP contribution in [0.2, 0.25) is 0 Å². The molecule has 1 aromatic rings. The highest BCUT2D eigenvalue weighted by atomic mass is 32.1. The quantitative estimate of drug-likeness (QED) is 0.746. The van der Waals surface area contributed by atoms with Crippen LogP contribution in [0.25, 0.3) is 0 Å². The van der Waals surface area contributed by atoms with Crippen molar-refractivity contribution in [3.8, 4) is 0 Å². The minimum atomic E-state index is 0.851. The molecule has 0 aromatic carbocycles. The van der Waals surface area contributed by atoms with Gasteiger partial charge >= 0.3 is 0 Å². The van der Waals surface area contributed by atoms with Gasteiger partial charge in [0.1, 0.15) is 0 Å². The molecule has 1 aromatic heterocycles. The highest BCUT2D eigenvalue weighted by Crippen LogP contribution is 2.20. The van der Waals surface area contributed by atoms with E-state index in [1.165, 1.54) is 35.7 Å². The van der Waals surface area contributed by atoms with Crippen molar-refractivity contribution in [1.82, 2.24) is 9.88 Å². The minimum absolute atomic E-state index is 0.851. The molecule has 1 atom stereocenters. The second kappa shape index (κ2) is 5.60. The Labute approximate surface area is 102 Å². The first kappa shape index (κ1) is 11.8. The number of aryl methyl sites for hydroxylation is 1. The molecule has 88 valence electrons. The van der Waals surface area contributed by atoms with Crippen LogP contribution in [0.4, 0.5) is 0 Å². The third-order valence-electron chi connectivity index (χ3n) is 3.04. The van der Waals surface area contributed by atoms with Gasteiger partial charge in [-0.15, -0.1) is 11.3 Å². The molecule has 3 heteroatoms. The number of aromatic nitrogens is 1. The van der Waals surface area contributed by atoms with E-state index in [1.807, 2.05) is 17.5 Å². The van der Waals surface area contributed by atoms with Crippen molar-refractivity contribution in [3.05, 3.63) is 28.2 Å². The standard InChI is InChI=1S/C13H20N2S/c1-11-14-8-13(16-11)10-15(2)9-12-6-4-3-5-7-12/h3-4,8,12H,5-7,9-10H2,1-2H3/t12-/m0/s1. The number of thiazole rings is 1. The fraction of sp³-hybridized carbons (Fsp3) is 0.615. The van der Waals surface area contributed by atoms with Crippen molar-refractivity contribution in [2.24, 2.45) is 5.92 Å². The zero-order chi connectivity index (χ0) is 11.4. The molecule has 0 fully saturated rings. The van der Waals surface area contributed by atoms with E-state index in [2.05, 4.69) is 36.0 Å². The summed E-state index contributed by atoms with van der Waals surface area (Å²) in [6, 6.07) is 0. The molecular weight excluding hydrogens is 216 g/mol. The second-order valence-corrected chi connectivity index (χ2v) is 6.01. The van der Waals surface area contributed by atoms with E-state index in [1.54, 1.807) is 0 Å². The van der Waals surface area contributed by atoms with Gasteiger partial charge < -0.3 is 4.90 Å².